The van der Waals surface area contributed by atoms with Gasteiger partial charge in [0.15, 0.2) is 0 Å². The number of aryl methyl sites for hydroxylation is 1. The molecule has 0 aliphatic heterocycles. The molecule has 0 aliphatic carbocycles. The smallest absolute Gasteiger partial charge is 0.229 e. The first-order valence-corrected chi connectivity index (χ1v) is 5.16. The molecule has 0 radical (unpaired) electrons. The van der Waals surface area contributed by atoms with Crippen LogP contribution in [0.1, 0.15) is 19.4 Å². The Hall–Kier alpha value is -1.36. The van der Waals surface area contributed by atoms with Crippen molar-refractivity contribution in [3.63, 3.8) is 0 Å². The van der Waals surface area contributed by atoms with Crippen LogP contribution in [0.15, 0.2) is 6.20 Å². The quantitative estimate of drug-likeness (QED) is 0.672. The Kier molecular flexibility index (Phi) is 4.30. The standard InChI is InChI=1S/C10H18N4O/c1-4-8-6-12-14-9(8)13-10(15)7(2)5-11-3/h6-7,11H,4-5H2,1-3H3,(H2,12,13,14,15). The van der Waals surface area contributed by atoms with Gasteiger partial charge in [0.2, 0.25) is 5.91 Å². The van der Waals surface area contributed by atoms with Crippen LogP contribution in [0, 0.1) is 5.92 Å². The molecule has 5 nitrogen and oxygen atoms in total. The summed E-state index contributed by atoms with van der Waals surface area (Å²) in [6, 6.07) is 0. The largest absolute Gasteiger partial charge is 0.319 e. The first kappa shape index (κ1) is 11.7. The van der Waals surface area contributed by atoms with Crippen LogP contribution >= 0.6 is 0 Å². The molecule has 0 aromatic carbocycles. The number of nitrogens with one attached hydrogen (secondary N) is 3. The second-order valence-corrected chi connectivity index (χ2v) is 3.57. The summed E-state index contributed by atoms with van der Waals surface area (Å²) < 4.78 is 0. The molecule has 0 saturated heterocycles. The number of rotatable bonds is 5. The molecule has 1 rings (SSSR count). The highest BCUT2D eigenvalue weighted by Gasteiger charge is 2.14. The average Bonchev–Trinajstić information content (AvgIpc) is 2.65. The summed E-state index contributed by atoms with van der Waals surface area (Å²) in [7, 11) is 1.83. The monoisotopic (exact) mass is 210 g/mol. The Balaban J connectivity index is 2.58. The maximum absolute atomic E-state index is 11.7. The number of amides is 1. The van der Waals surface area contributed by atoms with Gasteiger partial charge in [-0.3, -0.25) is 9.89 Å². The molecule has 1 aromatic rings. The molecule has 0 saturated carbocycles. The maximum Gasteiger partial charge on any atom is 0.229 e. The summed E-state index contributed by atoms with van der Waals surface area (Å²) in [6.07, 6.45) is 2.59. The van der Waals surface area contributed by atoms with Crippen molar-refractivity contribution in [2.24, 2.45) is 5.92 Å². The highest BCUT2D eigenvalue weighted by molar-refractivity contribution is 5.92. The Labute approximate surface area is 89.6 Å². The van der Waals surface area contributed by atoms with E-state index in [1.165, 1.54) is 0 Å². The molecule has 0 spiro atoms. The van der Waals surface area contributed by atoms with Crippen molar-refractivity contribution in [1.29, 1.82) is 0 Å². The Bertz CT molecular complexity index is 321. The minimum absolute atomic E-state index is 0.00306. The maximum atomic E-state index is 11.7. The van der Waals surface area contributed by atoms with Gasteiger partial charge in [-0.25, -0.2) is 0 Å². The third-order valence-corrected chi connectivity index (χ3v) is 2.30. The van der Waals surface area contributed by atoms with E-state index in [9.17, 15) is 4.79 Å². The van der Waals surface area contributed by atoms with Gasteiger partial charge in [-0.2, -0.15) is 5.10 Å². The highest BCUT2D eigenvalue weighted by atomic mass is 16.1. The Morgan fingerprint density at radius 2 is 2.40 bits per heavy atom. The third kappa shape index (κ3) is 3.06. The molecule has 1 unspecified atom stereocenters. The highest BCUT2D eigenvalue weighted by Crippen LogP contribution is 2.12. The zero-order chi connectivity index (χ0) is 11.3. The first-order valence-electron chi connectivity index (χ1n) is 5.16. The number of hydrogen-bond donors (Lipinski definition) is 3. The summed E-state index contributed by atoms with van der Waals surface area (Å²) in [4.78, 5) is 11.7. The molecule has 84 valence electrons. The molecule has 1 aromatic heterocycles. The minimum Gasteiger partial charge on any atom is -0.319 e. The van der Waals surface area contributed by atoms with Crippen LogP contribution in [-0.4, -0.2) is 29.7 Å². The Morgan fingerprint density at radius 1 is 1.67 bits per heavy atom. The fourth-order valence-corrected chi connectivity index (χ4v) is 1.33. The molecule has 0 bridgehead atoms. The van der Waals surface area contributed by atoms with E-state index in [0.29, 0.717) is 12.4 Å². The van der Waals surface area contributed by atoms with Gasteiger partial charge in [0.1, 0.15) is 5.82 Å². The third-order valence-electron chi connectivity index (χ3n) is 2.30. The molecule has 1 atom stereocenters. The van der Waals surface area contributed by atoms with E-state index in [2.05, 4.69) is 20.8 Å². The van der Waals surface area contributed by atoms with Crippen molar-refractivity contribution >= 4 is 11.7 Å². The second kappa shape index (κ2) is 5.50. The molecule has 0 aliphatic rings. The number of carbonyl (C=O) groups excluding carboxylic acids is 1. The van der Waals surface area contributed by atoms with Crippen LogP contribution in [-0.2, 0) is 11.2 Å². The van der Waals surface area contributed by atoms with Crippen LogP contribution < -0.4 is 10.6 Å². The number of aromatic nitrogens is 2. The number of anilines is 1. The van der Waals surface area contributed by atoms with Crippen LogP contribution in [0.25, 0.3) is 0 Å². The molecule has 5 heteroatoms. The van der Waals surface area contributed by atoms with Crippen molar-refractivity contribution < 1.29 is 4.79 Å². The summed E-state index contributed by atoms with van der Waals surface area (Å²) in [5.74, 6) is 0.664. The summed E-state index contributed by atoms with van der Waals surface area (Å²) in [6.45, 7) is 4.58. The number of nitrogens with zero attached hydrogens (tertiary/aromatic N) is 1. The predicted octanol–water partition coefficient (Wildman–Crippen LogP) is 0.766. The molecule has 1 amide bonds. The van der Waals surface area contributed by atoms with Gasteiger partial charge >= 0.3 is 0 Å². The van der Waals surface area contributed by atoms with Crippen LogP contribution in [0.3, 0.4) is 0 Å². The first-order chi connectivity index (χ1) is 7.19. The van der Waals surface area contributed by atoms with E-state index in [1.54, 1.807) is 6.20 Å². The van der Waals surface area contributed by atoms with E-state index in [-0.39, 0.29) is 11.8 Å². The van der Waals surface area contributed by atoms with E-state index in [4.69, 9.17) is 0 Å². The van der Waals surface area contributed by atoms with Crippen molar-refractivity contribution in [2.75, 3.05) is 18.9 Å². The fourth-order valence-electron chi connectivity index (χ4n) is 1.33. The minimum atomic E-state index is -0.0528. The van der Waals surface area contributed by atoms with Gasteiger partial charge in [-0.05, 0) is 13.5 Å². The van der Waals surface area contributed by atoms with Crippen LogP contribution in [0.2, 0.25) is 0 Å². The van der Waals surface area contributed by atoms with Gasteiger partial charge < -0.3 is 10.6 Å². The van der Waals surface area contributed by atoms with E-state index < -0.39 is 0 Å². The zero-order valence-electron chi connectivity index (χ0n) is 9.42. The van der Waals surface area contributed by atoms with Crippen molar-refractivity contribution in [3.05, 3.63) is 11.8 Å². The van der Waals surface area contributed by atoms with Gasteiger partial charge in [-0.1, -0.05) is 13.8 Å². The van der Waals surface area contributed by atoms with Gasteiger partial charge in [0.25, 0.3) is 0 Å². The second-order valence-electron chi connectivity index (χ2n) is 3.57. The van der Waals surface area contributed by atoms with Gasteiger partial charge in [0.05, 0.1) is 6.20 Å². The molecular formula is C10H18N4O. The number of H-pyrrole nitrogens is 1. The molecular weight excluding hydrogens is 192 g/mol. The lowest BCUT2D eigenvalue weighted by molar-refractivity contribution is -0.119. The van der Waals surface area contributed by atoms with Crippen molar-refractivity contribution in [1.82, 2.24) is 15.5 Å². The predicted molar refractivity (Wildman–Crippen MR) is 59.7 cm³/mol. The zero-order valence-corrected chi connectivity index (χ0v) is 9.42. The lowest BCUT2D eigenvalue weighted by atomic mass is 10.1. The number of aromatic amines is 1. The van der Waals surface area contributed by atoms with Crippen molar-refractivity contribution in [2.45, 2.75) is 20.3 Å². The number of hydrogen-bond acceptors (Lipinski definition) is 3. The summed E-state index contributed by atoms with van der Waals surface area (Å²) in [5, 5.41) is 12.5. The molecule has 15 heavy (non-hydrogen) atoms. The van der Waals surface area contributed by atoms with Crippen LogP contribution in [0.4, 0.5) is 5.82 Å². The molecule has 1 heterocycles. The van der Waals surface area contributed by atoms with E-state index in [0.717, 1.165) is 12.0 Å². The van der Waals surface area contributed by atoms with Crippen molar-refractivity contribution in [3.8, 4) is 0 Å². The number of carbonyl (C=O) groups is 1. The van der Waals surface area contributed by atoms with E-state index >= 15 is 0 Å². The lowest BCUT2D eigenvalue weighted by Gasteiger charge is -2.10. The molecule has 0 fully saturated rings. The summed E-state index contributed by atoms with van der Waals surface area (Å²) in [5.41, 5.74) is 1.03. The fraction of sp³-hybridized carbons (Fsp3) is 0.600. The van der Waals surface area contributed by atoms with Gasteiger partial charge in [0, 0.05) is 18.0 Å². The van der Waals surface area contributed by atoms with Gasteiger partial charge in [-0.15, -0.1) is 0 Å². The Morgan fingerprint density at radius 3 is 3.00 bits per heavy atom. The summed E-state index contributed by atoms with van der Waals surface area (Å²) >= 11 is 0. The SMILES string of the molecule is CCc1cn[nH]c1NC(=O)C(C)CNC. The normalized spacial score (nSPS) is 12.5. The molecule has 3 N–H and O–H groups in total. The lowest BCUT2D eigenvalue weighted by Crippen LogP contribution is -2.29. The topological polar surface area (TPSA) is 69.8 Å². The van der Waals surface area contributed by atoms with Crippen LogP contribution in [0.5, 0.6) is 0 Å². The average molecular weight is 210 g/mol. The van der Waals surface area contributed by atoms with E-state index in [1.807, 2.05) is 20.9 Å².